The van der Waals surface area contributed by atoms with Gasteiger partial charge in [-0.25, -0.2) is 0 Å². The lowest BCUT2D eigenvalue weighted by molar-refractivity contribution is 0.161. The van der Waals surface area contributed by atoms with Crippen LogP contribution in [0.4, 0.5) is 0 Å². The quantitative estimate of drug-likeness (QED) is 0.448. The highest BCUT2D eigenvalue weighted by Crippen LogP contribution is 2.11. The Morgan fingerprint density at radius 1 is 1.36 bits per heavy atom. The van der Waals surface area contributed by atoms with E-state index in [9.17, 15) is 0 Å². The molecular weight excluding hydrogens is 138 g/mol. The van der Waals surface area contributed by atoms with E-state index in [1.807, 2.05) is 0 Å². The summed E-state index contributed by atoms with van der Waals surface area (Å²) in [6.45, 7) is 6.87. The molecule has 3 N–H and O–H groups in total. The second-order valence-electron chi connectivity index (χ2n) is 3.57. The topological polar surface area (TPSA) is 41.3 Å². The summed E-state index contributed by atoms with van der Waals surface area (Å²) in [7, 11) is 0. The molecule has 0 spiro atoms. The first-order valence-corrected chi connectivity index (χ1v) is 4.44. The van der Waals surface area contributed by atoms with Gasteiger partial charge in [-0.2, -0.15) is 0 Å². The summed E-state index contributed by atoms with van der Waals surface area (Å²) < 4.78 is 0. The van der Waals surface area contributed by atoms with Crippen LogP contribution in [0.1, 0.15) is 26.7 Å². The molecule has 0 saturated carbocycles. The molecular formula is C8H19N3. The number of nitrogens with one attached hydrogen (secondary N) is 1. The normalized spacial score (nSPS) is 22.9. The highest BCUT2D eigenvalue weighted by molar-refractivity contribution is 4.76. The van der Waals surface area contributed by atoms with Gasteiger partial charge in [0.1, 0.15) is 0 Å². The molecule has 0 aromatic rings. The zero-order chi connectivity index (χ0) is 8.27. The van der Waals surface area contributed by atoms with E-state index in [1.54, 1.807) is 0 Å². The Morgan fingerprint density at radius 3 is 2.27 bits per heavy atom. The molecule has 0 atom stereocenters. The molecule has 0 unspecified atom stereocenters. The molecule has 0 bridgehead atoms. The number of nitrogens with zero attached hydrogens (tertiary/aromatic N) is 1. The summed E-state index contributed by atoms with van der Waals surface area (Å²) in [5, 5.41) is 0. The Hall–Kier alpha value is -0.120. The highest BCUT2D eigenvalue weighted by atomic mass is 15.3. The van der Waals surface area contributed by atoms with Crippen molar-refractivity contribution in [3.8, 4) is 0 Å². The van der Waals surface area contributed by atoms with E-state index in [0.717, 1.165) is 0 Å². The van der Waals surface area contributed by atoms with E-state index < -0.39 is 0 Å². The summed E-state index contributed by atoms with van der Waals surface area (Å²) in [5.74, 6) is 5.36. The van der Waals surface area contributed by atoms with Crippen LogP contribution in [0.15, 0.2) is 0 Å². The molecule has 1 fully saturated rings. The lowest BCUT2D eigenvalue weighted by Crippen LogP contribution is -2.47. The fourth-order valence-corrected chi connectivity index (χ4v) is 1.58. The van der Waals surface area contributed by atoms with Gasteiger partial charge >= 0.3 is 0 Å². The van der Waals surface area contributed by atoms with Gasteiger partial charge in [0.15, 0.2) is 0 Å². The van der Waals surface area contributed by atoms with Gasteiger partial charge in [-0.05, 0) is 39.8 Å². The Labute approximate surface area is 68.9 Å². The first-order valence-electron chi connectivity index (χ1n) is 4.44. The fourth-order valence-electron chi connectivity index (χ4n) is 1.58. The number of rotatable bonds is 2. The third-order valence-corrected chi connectivity index (χ3v) is 2.50. The monoisotopic (exact) mass is 157 g/mol. The van der Waals surface area contributed by atoms with E-state index in [2.05, 4.69) is 24.2 Å². The molecule has 1 aliphatic rings. The first-order chi connectivity index (χ1) is 5.24. The lowest BCUT2D eigenvalue weighted by atomic mass is 10.0. The van der Waals surface area contributed by atoms with Crippen molar-refractivity contribution >= 4 is 0 Å². The van der Waals surface area contributed by atoms with Gasteiger partial charge in [0.25, 0.3) is 0 Å². The van der Waals surface area contributed by atoms with Crippen molar-refractivity contribution in [2.24, 2.45) is 5.84 Å². The number of likely N-dealkylation sites (tertiary alicyclic amines) is 1. The van der Waals surface area contributed by atoms with E-state index in [4.69, 9.17) is 5.84 Å². The summed E-state index contributed by atoms with van der Waals surface area (Å²) in [6.07, 6.45) is 2.38. The molecule has 1 aliphatic heterocycles. The van der Waals surface area contributed by atoms with Crippen molar-refractivity contribution in [3.05, 3.63) is 0 Å². The van der Waals surface area contributed by atoms with E-state index in [-0.39, 0.29) is 0 Å². The van der Waals surface area contributed by atoms with E-state index >= 15 is 0 Å². The minimum Gasteiger partial charge on any atom is -0.301 e. The van der Waals surface area contributed by atoms with Crippen LogP contribution < -0.4 is 11.3 Å². The van der Waals surface area contributed by atoms with Crippen LogP contribution in [0, 0.1) is 0 Å². The molecule has 1 heterocycles. The first kappa shape index (κ1) is 8.97. The summed E-state index contributed by atoms with van der Waals surface area (Å²) >= 11 is 0. The molecule has 3 heteroatoms. The van der Waals surface area contributed by atoms with Crippen LogP contribution in [0.25, 0.3) is 0 Å². The molecule has 0 aromatic heterocycles. The number of hydrogen-bond acceptors (Lipinski definition) is 3. The molecule has 0 amide bonds. The Balaban J connectivity index is 2.24. The van der Waals surface area contributed by atoms with Crippen molar-refractivity contribution in [3.63, 3.8) is 0 Å². The van der Waals surface area contributed by atoms with Gasteiger partial charge in [0.05, 0.1) is 0 Å². The number of hydrogen-bond donors (Lipinski definition) is 2. The zero-order valence-corrected chi connectivity index (χ0v) is 7.51. The summed E-state index contributed by atoms with van der Waals surface area (Å²) in [6, 6.07) is 1.23. The smallest absolute Gasteiger partial charge is 0.0234 e. The van der Waals surface area contributed by atoms with E-state index in [1.165, 1.54) is 25.9 Å². The van der Waals surface area contributed by atoms with Gasteiger partial charge in [0.2, 0.25) is 0 Å². The van der Waals surface area contributed by atoms with Crippen LogP contribution in [0.3, 0.4) is 0 Å². The van der Waals surface area contributed by atoms with Gasteiger partial charge < -0.3 is 4.90 Å². The maximum atomic E-state index is 5.36. The molecule has 11 heavy (non-hydrogen) atoms. The van der Waals surface area contributed by atoms with Gasteiger partial charge in [-0.3, -0.25) is 11.3 Å². The zero-order valence-electron chi connectivity index (χ0n) is 7.51. The maximum absolute atomic E-state index is 5.36. The SMILES string of the molecule is CC(C)N1CCC(NN)CC1. The van der Waals surface area contributed by atoms with Crippen molar-refractivity contribution in [1.29, 1.82) is 0 Å². The van der Waals surface area contributed by atoms with Crippen molar-refractivity contribution in [2.75, 3.05) is 13.1 Å². The number of piperidine rings is 1. The lowest BCUT2D eigenvalue weighted by Gasteiger charge is -2.34. The third kappa shape index (κ3) is 2.43. The molecule has 1 saturated heterocycles. The van der Waals surface area contributed by atoms with Crippen LogP contribution in [0.2, 0.25) is 0 Å². The second-order valence-corrected chi connectivity index (χ2v) is 3.57. The average Bonchev–Trinajstić information content (AvgIpc) is 2.05. The molecule has 3 nitrogen and oxygen atoms in total. The van der Waals surface area contributed by atoms with Crippen molar-refractivity contribution in [2.45, 2.75) is 38.8 Å². The molecule has 0 aromatic carbocycles. The van der Waals surface area contributed by atoms with Crippen LogP contribution in [-0.4, -0.2) is 30.1 Å². The van der Waals surface area contributed by atoms with Crippen LogP contribution >= 0.6 is 0 Å². The van der Waals surface area contributed by atoms with Crippen LogP contribution in [0.5, 0.6) is 0 Å². The number of nitrogens with two attached hydrogens (primary N) is 1. The predicted octanol–water partition coefficient (Wildman–Crippen LogP) is 0.323. The van der Waals surface area contributed by atoms with Crippen molar-refractivity contribution in [1.82, 2.24) is 10.3 Å². The van der Waals surface area contributed by atoms with E-state index in [0.29, 0.717) is 12.1 Å². The minimum absolute atomic E-state index is 0.546. The standard InChI is InChI=1S/C8H19N3/c1-7(2)11-5-3-8(10-9)4-6-11/h7-8,10H,3-6,9H2,1-2H3. The van der Waals surface area contributed by atoms with Crippen molar-refractivity contribution < 1.29 is 0 Å². The number of hydrazine groups is 1. The Kier molecular flexibility index (Phi) is 3.30. The average molecular weight is 157 g/mol. The Bertz CT molecular complexity index is 106. The van der Waals surface area contributed by atoms with Gasteiger partial charge in [-0.1, -0.05) is 0 Å². The van der Waals surface area contributed by atoms with Gasteiger partial charge in [0, 0.05) is 12.1 Å². The molecule has 0 aliphatic carbocycles. The molecule has 1 rings (SSSR count). The Morgan fingerprint density at radius 2 is 1.91 bits per heavy atom. The maximum Gasteiger partial charge on any atom is 0.0234 e. The third-order valence-electron chi connectivity index (χ3n) is 2.50. The molecule has 0 radical (unpaired) electrons. The minimum atomic E-state index is 0.546. The second kappa shape index (κ2) is 4.04. The van der Waals surface area contributed by atoms with Crippen LogP contribution in [-0.2, 0) is 0 Å². The predicted molar refractivity (Wildman–Crippen MR) is 47.1 cm³/mol. The largest absolute Gasteiger partial charge is 0.301 e. The van der Waals surface area contributed by atoms with Gasteiger partial charge in [-0.15, -0.1) is 0 Å². The summed E-state index contributed by atoms with van der Waals surface area (Å²) in [5.41, 5.74) is 2.84. The molecule has 66 valence electrons. The summed E-state index contributed by atoms with van der Waals surface area (Å²) in [4.78, 5) is 2.49. The fraction of sp³-hybridized carbons (Fsp3) is 1.00. The highest BCUT2D eigenvalue weighted by Gasteiger charge is 2.19.